The summed E-state index contributed by atoms with van der Waals surface area (Å²) in [5, 5.41) is 0. The maximum atomic E-state index is 11.0. The van der Waals surface area contributed by atoms with Crippen molar-refractivity contribution >= 4 is 5.78 Å². The highest BCUT2D eigenvalue weighted by atomic mass is 16.5. The fourth-order valence-electron chi connectivity index (χ4n) is 1.98. The predicted molar refractivity (Wildman–Crippen MR) is 41.2 cm³/mol. The largest absolute Gasteiger partial charge is 0.373 e. The summed E-state index contributed by atoms with van der Waals surface area (Å²) in [5.41, 5.74) is 1.32. The van der Waals surface area contributed by atoms with Crippen LogP contribution >= 0.6 is 0 Å². The highest BCUT2D eigenvalue weighted by Crippen LogP contribution is 2.37. The van der Waals surface area contributed by atoms with E-state index >= 15 is 0 Å². The van der Waals surface area contributed by atoms with Crippen LogP contribution in [0.15, 0.2) is 11.6 Å². The lowest BCUT2D eigenvalue weighted by Crippen LogP contribution is -2.07. The van der Waals surface area contributed by atoms with Gasteiger partial charge < -0.3 is 4.74 Å². The number of Topliss-reactive ketones (excluding diaryl/α,β-unsaturated/α-hetero) is 1. The fraction of sp³-hybridized carbons (Fsp3) is 0.667. The zero-order valence-electron chi connectivity index (χ0n) is 6.67. The number of fused-ring (bicyclic) bond motifs is 1. The Balaban J connectivity index is 2.19. The number of ether oxygens (including phenoxy) is 1. The molecule has 0 aromatic carbocycles. The molecule has 11 heavy (non-hydrogen) atoms. The van der Waals surface area contributed by atoms with Gasteiger partial charge >= 0.3 is 0 Å². The van der Waals surface area contributed by atoms with E-state index in [0.717, 1.165) is 6.61 Å². The topological polar surface area (TPSA) is 26.3 Å². The van der Waals surface area contributed by atoms with E-state index in [0.29, 0.717) is 24.5 Å². The summed E-state index contributed by atoms with van der Waals surface area (Å²) < 4.78 is 5.46. The van der Waals surface area contributed by atoms with Crippen LogP contribution in [0.4, 0.5) is 0 Å². The maximum absolute atomic E-state index is 11.0. The van der Waals surface area contributed by atoms with Crippen molar-refractivity contribution in [2.45, 2.75) is 25.9 Å². The van der Waals surface area contributed by atoms with Gasteiger partial charge in [0.25, 0.3) is 0 Å². The third kappa shape index (κ3) is 1.02. The quantitative estimate of drug-likeness (QED) is 0.489. The van der Waals surface area contributed by atoms with Gasteiger partial charge in [-0.15, -0.1) is 0 Å². The van der Waals surface area contributed by atoms with E-state index in [1.807, 2.05) is 6.92 Å². The first-order valence-electron chi connectivity index (χ1n) is 4.09. The van der Waals surface area contributed by atoms with Crippen LogP contribution in [0.25, 0.3) is 0 Å². The molecule has 1 aliphatic heterocycles. The minimum absolute atomic E-state index is 0.216. The van der Waals surface area contributed by atoms with Crippen LogP contribution in [-0.2, 0) is 9.53 Å². The molecule has 2 rings (SSSR count). The van der Waals surface area contributed by atoms with Crippen molar-refractivity contribution in [3.63, 3.8) is 0 Å². The monoisotopic (exact) mass is 152 g/mol. The van der Waals surface area contributed by atoms with Gasteiger partial charge in [-0.3, -0.25) is 4.79 Å². The van der Waals surface area contributed by atoms with Gasteiger partial charge in [0.1, 0.15) is 5.78 Å². The van der Waals surface area contributed by atoms with Gasteiger partial charge in [0.05, 0.1) is 12.7 Å². The van der Waals surface area contributed by atoms with E-state index in [-0.39, 0.29) is 6.10 Å². The van der Waals surface area contributed by atoms with E-state index in [1.165, 1.54) is 5.57 Å². The Kier molecular flexibility index (Phi) is 1.57. The normalized spacial score (nSPS) is 40.1. The smallest absolute Gasteiger partial charge is 0.136 e. The van der Waals surface area contributed by atoms with Gasteiger partial charge in [-0.05, 0) is 12.5 Å². The van der Waals surface area contributed by atoms with Gasteiger partial charge in [-0.2, -0.15) is 0 Å². The molecule has 2 atom stereocenters. The Morgan fingerprint density at radius 3 is 3.09 bits per heavy atom. The summed E-state index contributed by atoms with van der Waals surface area (Å²) in [6, 6.07) is 0. The van der Waals surface area contributed by atoms with Gasteiger partial charge in [-0.25, -0.2) is 0 Å². The molecule has 0 aromatic rings. The molecule has 2 fully saturated rings. The summed E-state index contributed by atoms with van der Waals surface area (Å²) in [6.45, 7) is 2.77. The molecule has 0 unspecified atom stereocenters. The maximum Gasteiger partial charge on any atom is 0.136 e. The average molecular weight is 152 g/mol. The molecule has 2 nitrogen and oxygen atoms in total. The molecule has 1 heterocycles. The van der Waals surface area contributed by atoms with E-state index < -0.39 is 0 Å². The molecule has 1 saturated carbocycles. The van der Waals surface area contributed by atoms with Gasteiger partial charge in [-0.1, -0.05) is 6.08 Å². The first-order chi connectivity index (χ1) is 5.31. The van der Waals surface area contributed by atoms with Crippen molar-refractivity contribution in [2.24, 2.45) is 5.92 Å². The highest BCUT2D eigenvalue weighted by molar-refractivity contribution is 5.82. The van der Waals surface area contributed by atoms with Gasteiger partial charge in [0.2, 0.25) is 0 Å². The molecule has 0 radical (unpaired) electrons. The molecular weight excluding hydrogens is 140 g/mol. The lowest BCUT2D eigenvalue weighted by molar-refractivity contribution is -0.118. The van der Waals surface area contributed by atoms with Crippen molar-refractivity contribution in [3.8, 4) is 0 Å². The van der Waals surface area contributed by atoms with Crippen LogP contribution in [-0.4, -0.2) is 18.5 Å². The van der Waals surface area contributed by atoms with Crippen LogP contribution in [0.5, 0.6) is 0 Å². The molecule has 0 aromatic heterocycles. The fourth-order valence-corrected chi connectivity index (χ4v) is 1.98. The minimum atomic E-state index is 0.216. The number of carbonyl (C=O) groups is 1. The van der Waals surface area contributed by atoms with Crippen LogP contribution in [0.3, 0.4) is 0 Å². The zero-order chi connectivity index (χ0) is 7.84. The number of hydrogen-bond donors (Lipinski definition) is 0. The van der Waals surface area contributed by atoms with Crippen molar-refractivity contribution in [2.75, 3.05) is 6.61 Å². The van der Waals surface area contributed by atoms with Crippen molar-refractivity contribution in [3.05, 3.63) is 11.6 Å². The second-order valence-electron chi connectivity index (χ2n) is 3.27. The molecule has 0 N–H and O–H groups in total. The number of ketones is 1. The third-order valence-electron chi connectivity index (χ3n) is 2.64. The molecule has 2 heteroatoms. The molecule has 0 bridgehead atoms. The Morgan fingerprint density at radius 2 is 2.36 bits per heavy atom. The zero-order valence-corrected chi connectivity index (χ0v) is 6.67. The van der Waals surface area contributed by atoms with Crippen molar-refractivity contribution in [1.29, 1.82) is 0 Å². The lowest BCUT2D eigenvalue weighted by Gasteiger charge is -2.04. The van der Waals surface area contributed by atoms with E-state index in [4.69, 9.17) is 4.74 Å². The minimum Gasteiger partial charge on any atom is -0.373 e. The Labute approximate surface area is 66.2 Å². The number of carbonyl (C=O) groups excluding carboxylic acids is 1. The van der Waals surface area contributed by atoms with Crippen LogP contribution in [0.1, 0.15) is 19.8 Å². The van der Waals surface area contributed by atoms with E-state index in [1.54, 1.807) is 0 Å². The lowest BCUT2D eigenvalue weighted by atomic mass is 9.99. The standard InChI is InChI=1S/C9H12O2/c1-2-6-5-11-9-4-7(10)3-8(6)9/h2,8-9H,3-5H2,1H3/b6-2-/t8-,9-/m1/s1. The Morgan fingerprint density at radius 1 is 1.55 bits per heavy atom. The van der Waals surface area contributed by atoms with E-state index in [2.05, 4.69) is 6.08 Å². The second kappa shape index (κ2) is 2.45. The molecule has 0 amide bonds. The average Bonchev–Trinajstić information content (AvgIpc) is 2.45. The molecule has 1 saturated heterocycles. The first kappa shape index (κ1) is 7.04. The van der Waals surface area contributed by atoms with Crippen molar-refractivity contribution < 1.29 is 9.53 Å². The summed E-state index contributed by atoms with van der Waals surface area (Å²) in [7, 11) is 0. The highest BCUT2D eigenvalue weighted by Gasteiger charge is 2.40. The summed E-state index contributed by atoms with van der Waals surface area (Å²) in [6.07, 6.45) is 3.66. The van der Waals surface area contributed by atoms with Gasteiger partial charge in [0, 0.05) is 18.8 Å². The second-order valence-corrected chi connectivity index (χ2v) is 3.27. The summed E-state index contributed by atoms with van der Waals surface area (Å²) in [5.74, 6) is 0.784. The Hall–Kier alpha value is -0.630. The molecule has 60 valence electrons. The van der Waals surface area contributed by atoms with Gasteiger partial charge in [0.15, 0.2) is 0 Å². The number of allylic oxidation sites excluding steroid dienone is 1. The van der Waals surface area contributed by atoms with E-state index in [9.17, 15) is 4.79 Å². The summed E-state index contributed by atoms with van der Waals surface area (Å²) >= 11 is 0. The predicted octanol–water partition coefficient (Wildman–Crippen LogP) is 1.31. The first-order valence-corrected chi connectivity index (χ1v) is 4.09. The summed E-state index contributed by atoms with van der Waals surface area (Å²) in [4.78, 5) is 11.0. The SMILES string of the molecule is C/C=C1/CO[C@@H]2CC(=O)C[C@H]12. The number of rotatable bonds is 0. The van der Waals surface area contributed by atoms with Crippen LogP contribution in [0, 0.1) is 5.92 Å². The number of hydrogen-bond acceptors (Lipinski definition) is 2. The van der Waals surface area contributed by atoms with Crippen LogP contribution < -0.4 is 0 Å². The Bertz CT molecular complexity index is 218. The third-order valence-corrected chi connectivity index (χ3v) is 2.64. The molecule has 1 aliphatic carbocycles. The van der Waals surface area contributed by atoms with Crippen LogP contribution in [0.2, 0.25) is 0 Å². The molecular formula is C9H12O2. The van der Waals surface area contributed by atoms with Crippen molar-refractivity contribution in [1.82, 2.24) is 0 Å². The molecule has 2 aliphatic rings. The molecule has 0 spiro atoms.